The van der Waals surface area contributed by atoms with Gasteiger partial charge in [0.2, 0.25) is 16.4 Å². The number of carbonyl (C=O) groups excluding carboxylic acids is 2. The fourth-order valence-electron chi connectivity index (χ4n) is 3.69. The van der Waals surface area contributed by atoms with Crippen LogP contribution in [0.2, 0.25) is 0 Å². The minimum atomic E-state index is -3.68. The van der Waals surface area contributed by atoms with E-state index in [0.29, 0.717) is 18.7 Å². The minimum Gasteiger partial charge on any atom is -0.349 e. The number of hydrogen-bond donors (Lipinski definition) is 1. The molecule has 27 heavy (non-hydrogen) atoms. The van der Waals surface area contributed by atoms with Crippen molar-refractivity contribution in [2.24, 2.45) is 0 Å². The number of piperazine rings is 1. The van der Waals surface area contributed by atoms with E-state index in [2.05, 4.69) is 5.32 Å². The van der Waals surface area contributed by atoms with Gasteiger partial charge in [0.15, 0.2) is 0 Å². The highest BCUT2D eigenvalue weighted by Gasteiger charge is 2.28. The number of sulfonamides is 1. The molecule has 7 nitrogen and oxygen atoms in total. The molecular formula is C19H27N3O4S. The lowest BCUT2D eigenvalue weighted by molar-refractivity contribution is -0.119. The zero-order valence-corrected chi connectivity index (χ0v) is 16.3. The van der Waals surface area contributed by atoms with Crippen molar-refractivity contribution in [2.75, 3.05) is 26.2 Å². The van der Waals surface area contributed by atoms with Gasteiger partial charge in [-0.1, -0.05) is 31.7 Å². The van der Waals surface area contributed by atoms with Gasteiger partial charge in [0.05, 0.1) is 4.90 Å². The monoisotopic (exact) mass is 393 g/mol. The molecule has 0 aromatic heterocycles. The number of nitrogens with one attached hydrogen (secondary N) is 1. The molecule has 3 rings (SSSR count). The van der Waals surface area contributed by atoms with Gasteiger partial charge in [-0.05, 0) is 31.0 Å². The van der Waals surface area contributed by atoms with Gasteiger partial charge in [0.25, 0.3) is 5.91 Å². The lowest BCUT2D eigenvalue weighted by Crippen LogP contribution is -2.48. The summed E-state index contributed by atoms with van der Waals surface area (Å²) in [5, 5.41) is 3.05. The van der Waals surface area contributed by atoms with Crippen molar-refractivity contribution in [3.63, 3.8) is 0 Å². The largest absolute Gasteiger partial charge is 0.349 e. The highest BCUT2D eigenvalue weighted by Crippen LogP contribution is 2.20. The molecule has 1 aliphatic heterocycles. The Bertz CT molecular complexity index is 765. The van der Waals surface area contributed by atoms with E-state index >= 15 is 0 Å². The van der Waals surface area contributed by atoms with Crippen molar-refractivity contribution in [1.29, 1.82) is 0 Å². The van der Waals surface area contributed by atoms with E-state index in [0.717, 1.165) is 32.1 Å². The maximum absolute atomic E-state index is 12.9. The van der Waals surface area contributed by atoms with Gasteiger partial charge in [-0.15, -0.1) is 0 Å². The molecule has 1 saturated carbocycles. The fraction of sp³-hybridized carbons (Fsp3) is 0.579. The predicted molar refractivity (Wildman–Crippen MR) is 102 cm³/mol. The summed E-state index contributed by atoms with van der Waals surface area (Å²) >= 11 is 0. The van der Waals surface area contributed by atoms with Gasteiger partial charge in [-0.25, -0.2) is 8.42 Å². The van der Waals surface area contributed by atoms with Crippen molar-refractivity contribution < 1.29 is 18.0 Å². The zero-order valence-electron chi connectivity index (χ0n) is 15.5. The van der Waals surface area contributed by atoms with E-state index in [1.165, 1.54) is 29.3 Å². The fourth-order valence-corrected chi connectivity index (χ4v) is 5.16. The Labute approximate surface area is 160 Å². The quantitative estimate of drug-likeness (QED) is 0.608. The SMILES string of the molecule is O=CN1CCN(S(=O)(=O)c2cccc(C(=O)NC3CCCCCC3)c2)CC1. The first kappa shape index (κ1) is 19.8. The lowest BCUT2D eigenvalue weighted by atomic mass is 10.1. The van der Waals surface area contributed by atoms with Crippen LogP contribution in [0.3, 0.4) is 0 Å². The number of carbonyl (C=O) groups is 2. The zero-order chi connectivity index (χ0) is 19.3. The maximum atomic E-state index is 12.9. The third-order valence-electron chi connectivity index (χ3n) is 5.35. The number of benzene rings is 1. The maximum Gasteiger partial charge on any atom is 0.251 e. The van der Waals surface area contributed by atoms with E-state index in [9.17, 15) is 18.0 Å². The number of rotatable bonds is 5. The molecule has 1 saturated heterocycles. The third kappa shape index (κ3) is 4.87. The molecule has 1 aromatic rings. The summed E-state index contributed by atoms with van der Waals surface area (Å²) in [7, 11) is -3.68. The van der Waals surface area contributed by atoms with Gasteiger partial charge in [-0.2, -0.15) is 4.31 Å². The van der Waals surface area contributed by atoms with Gasteiger partial charge in [0, 0.05) is 37.8 Å². The first-order chi connectivity index (χ1) is 13.0. The average Bonchev–Trinajstić information content (AvgIpc) is 2.96. The molecule has 2 amide bonds. The smallest absolute Gasteiger partial charge is 0.251 e. The van der Waals surface area contributed by atoms with Crippen LogP contribution in [0, 0.1) is 0 Å². The average molecular weight is 394 g/mol. The summed E-state index contributed by atoms with van der Waals surface area (Å²) in [5.74, 6) is -0.218. The topological polar surface area (TPSA) is 86.8 Å². The molecule has 0 atom stereocenters. The van der Waals surface area contributed by atoms with Crippen LogP contribution >= 0.6 is 0 Å². The number of nitrogens with zero attached hydrogens (tertiary/aromatic N) is 2. The summed E-state index contributed by atoms with van der Waals surface area (Å²) in [6.45, 7) is 1.29. The Kier molecular flexibility index (Phi) is 6.49. The molecule has 0 bridgehead atoms. The van der Waals surface area contributed by atoms with Crippen LogP contribution < -0.4 is 5.32 Å². The van der Waals surface area contributed by atoms with Crippen LogP contribution in [-0.2, 0) is 14.8 Å². The molecule has 148 valence electrons. The summed E-state index contributed by atoms with van der Waals surface area (Å²) in [6, 6.07) is 6.39. The molecule has 2 fully saturated rings. The van der Waals surface area contributed by atoms with Crippen LogP contribution in [-0.4, -0.2) is 62.2 Å². The highest BCUT2D eigenvalue weighted by atomic mass is 32.2. The molecule has 8 heteroatoms. The first-order valence-corrected chi connectivity index (χ1v) is 11.0. The van der Waals surface area contributed by atoms with Crippen LogP contribution in [0.25, 0.3) is 0 Å². The predicted octanol–water partition coefficient (Wildman–Crippen LogP) is 1.60. The third-order valence-corrected chi connectivity index (χ3v) is 7.24. The minimum absolute atomic E-state index is 0.121. The standard InChI is InChI=1S/C19H27N3O4S/c23-15-21-10-12-22(13-11-21)27(25,26)18-9-5-6-16(14-18)19(24)20-17-7-3-1-2-4-8-17/h5-6,9,14-15,17H,1-4,7-8,10-13H2,(H,20,24). The van der Waals surface area contributed by atoms with E-state index < -0.39 is 10.0 Å². The second-order valence-electron chi connectivity index (χ2n) is 7.24. The van der Waals surface area contributed by atoms with Crippen LogP contribution in [0.1, 0.15) is 48.9 Å². The second kappa shape index (κ2) is 8.84. The summed E-state index contributed by atoms with van der Waals surface area (Å²) in [6.07, 6.45) is 7.34. The van der Waals surface area contributed by atoms with E-state index in [4.69, 9.17) is 0 Å². The molecule has 1 aromatic carbocycles. The Morgan fingerprint density at radius 1 is 1.04 bits per heavy atom. The van der Waals surface area contributed by atoms with Crippen molar-refractivity contribution in [3.8, 4) is 0 Å². The second-order valence-corrected chi connectivity index (χ2v) is 9.17. The first-order valence-electron chi connectivity index (χ1n) is 9.61. The number of hydrogen-bond acceptors (Lipinski definition) is 4. The van der Waals surface area contributed by atoms with Gasteiger partial charge < -0.3 is 10.2 Å². The molecule has 1 aliphatic carbocycles. The Balaban J connectivity index is 1.70. The molecule has 1 heterocycles. The molecular weight excluding hydrogens is 366 g/mol. The molecule has 0 unspecified atom stereocenters. The van der Waals surface area contributed by atoms with E-state index in [1.807, 2.05) is 0 Å². The molecule has 2 aliphatic rings. The van der Waals surface area contributed by atoms with Gasteiger partial charge >= 0.3 is 0 Å². The Hall–Kier alpha value is -1.93. The Morgan fingerprint density at radius 2 is 1.70 bits per heavy atom. The van der Waals surface area contributed by atoms with E-state index in [1.54, 1.807) is 17.0 Å². The molecule has 0 radical (unpaired) electrons. The molecule has 1 N–H and O–H groups in total. The van der Waals surface area contributed by atoms with Crippen LogP contribution in [0.15, 0.2) is 29.2 Å². The Morgan fingerprint density at radius 3 is 2.33 bits per heavy atom. The summed E-state index contributed by atoms with van der Waals surface area (Å²) in [4.78, 5) is 25.1. The van der Waals surface area contributed by atoms with Crippen LogP contribution in [0.5, 0.6) is 0 Å². The number of amides is 2. The van der Waals surface area contributed by atoms with E-state index in [-0.39, 0.29) is 29.9 Å². The summed E-state index contributed by atoms with van der Waals surface area (Å²) in [5.41, 5.74) is 0.367. The van der Waals surface area contributed by atoms with Crippen molar-refractivity contribution >= 4 is 22.3 Å². The van der Waals surface area contributed by atoms with Crippen molar-refractivity contribution in [2.45, 2.75) is 49.5 Å². The van der Waals surface area contributed by atoms with Crippen molar-refractivity contribution in [3.05, 3.63) is 29.8 Å². The molecule has 0 spiro atoms. The highest BCUT2D eigenvalue weighted by molar-refractivity contribution is 7.89. The van der Waals surface area contributed by atoms with Crippen molar-refractivity contribution in [1.82, 2.24) is 14.5 Å². The van der Waals surface area contributed by atoms with Gasteiger partial charge in [-0.3, -0.25) is 9.59 Å². The van der Waals surface area contributed by atoms with Crippen LogP contribution in [0.4, 0.5) is 0 Å². The normalized spacial score (nSPS) is 20.1. The van der Waals surface area contributed by atoms with Gasteiger partial charge in [0.1, 0.15) is 0 Å². The lowest BCUT2D eigenvalue weighted by Gasteiger charge is -2.31. The summed E-state index contributed by atoms with van der Waals surface area (Å²) < 4.78 is 27.1.